The van der Waals surface area contributed by atoms with Crippen LogP contribution < -0.4 is 11.1 Å². The number of fused-ring (bicyclic) bond motifs is 1. The number of nitrogens with zero attached hydrogens (tertiary/aromatic N) is 1. The van der Waals surface area contributed by atoms with Gasteiger partial charge in [-0.25, -0.2) is 4.98 Å². The molecule has 0 aliphatic rings. The third kappa shape index (κ3) is 2.69. The van der Waals surface area contributed by atoms with E-state index in [2.05, 4.69) is 10.3 Å². The minimum Gasteiger partial charge on any atom is -0.396 e. The summed E-state index contributed by atoms with van der Waals surface area (Å²) in [5.41, 5.74) is 8.60. The van der Waals surface area contributed by atoms with Gasteiger partial charge in [-0.05, 0) is 18.6 Å². The predicted octanol–water partition coefficient (Wildman–Crippen LogP) is 2.68. The van der Waals surface area contributed by atoms with Crippen molar-refractivity contribution in [3.8, 4) is 0 Å². The number of rotatable bonds is 4. The number of methoxy groups -OCH3 is 1. The Bertz CT molecular complexity index is 622. The summed E-state index contributed by atoms with van der Waals surface area (Å²) in [4.78, 5) is 16.8. The topological polar surface area (TPSA) is 77.2 Å². The van der Waals surface area contributed by atoms with Crippen LogP contribution in [0.1, 0.15) is 24.6 Å². The van der Waals surface area contributed by atoms with Crippen molar-refractivity contribution in [2.45, 2.75) is 26.9 Å². The molecular formula is C13H17N3O2S. The Balaban J connectivity index is 2.55. The van der Waals surface area contributed by atoms with E-state index in [1.807, 2.05) is 13.0 Å². The second kappa shape index (κ2) is 5.54. The molecule has 2 aromatic rings. The van der Waals surface area contributed by atoms with Crippen LogP contribution in [0.25, 0.3) is 10.2 Å². The molecule has 0 radical (unpaired) electrons. The summed E-state index contributed by atoms with van der Waals surface area (Å²) in [5, 5.41) is 4.35. The number of anilines is 2. The molecule has 0 unspecified atom stereocenters. The van der Waals surface area contributed by atoms with Gasteiger partial charge in [0.05, 0.1) is 12.3 Å². The quantitative estimate of drug-likeness (QED) is 0.902. The third-order valence-corrected chi connectivity index (χ3v) is 3.80. The number of aryl methyl sites for hydroxylation is 1. The summed E-state index contributed by atoms with van der Waals surface area (Å²) in [6, 6.07) is 1.96. The van der Waals surface area contributed by atoms with Crippen molar-refractivity contribution in [1.82, 2.24) is 4.98 Å². The molecule has 0 aliphatic carbocycles. The van der Waals surface area contributed by atoms with Crippen LogP contribution >= 0.6 is 11.3 Å². The number of hydrogen-bond donors (Lipinski definition) is 2. The fraction of sp³-hybridized carbons (Fsp3) is 0.385. The molecule has 0 bridgehead atoms. The lowest BCUT2D eigenvalue weighted by Crippen LogP contribution is -2.09. The summed E-state index contributed by atoms with van der Waals surface area (Å²) < 4.78 is 5.19. The molecule has 0 aromatic carbocycles. The fourth-order valence-corrected chi connectivity index (χ4v) is 3.02. The van der Waals surface area contributed by atoms with Gasteiger partial charge in [0.1, 0.15) is 9.83 Å². The first kappa shape index (κ1) is 13.8. The van der Waals surface area contributed by atoms with Crippen molar-refractivity contribution < 1.29 is 9.53 Å². The molecule has 0 atom stereocenters. The number of hydrogen-bond acceptors (Lipinski definition) is 5. The van der Waals surface area contributed by atoms with Crippen molar-refractivity contribution in [3.63, 3.8) is 0 Å². The monoisotopic (exact) mass is 279 g/mol. The Kier molecular flexibility index (Phi) is 4.01. The molecule has 0 spiro atoms. The van der Waals surface area contributed by atoms with Gasteiger partial charge in [-0.1, -0.05) is 18.3 Å². The number of carbonyl (C=O) groups is 1. The van der Waals surface area contributed by atoms with Crippen LogP contribution in [0.5, 0.6) is 0 Å². The number of pyridine rings is 1. The van der Waals surface area contributed by atoms with Crippen molar-refractivity contribution in [3.05, 3.63) is 17.3 Å². The summed E-state index contributed by atoms with van der Waals surface area (Å²) >= 11 is 1.40. The molecule has 2 heterocycles. The molecular weight excluding hydrogens is 262 g/mol. The average Bonchev–Trinajstić information content (AvgIpc) is 2.66. The zero-order chi connectivity index (χ0) is 14.0. The number of nitrogens with one attached hydrogen (secondary N) is 1. The standard InChI is InChI=1S/C13H17N3O2S/c1-4-9(17)16-13-11(14)10-8(6-18-3)5-7(2)15-12(10)19-13/h5H,4,6,14H2,1-3H3,(H,16,17). The zero-order valence-electron chi connectivity index (χ0n) is 11.2. The van der Waals surface area contributed by atoms with Crippen molar-refractivity contribution in [2.75, 3.05) is 18.2 Å². The summed E-state index contributed by atoms with van der Waals surface area (Å²) in [7, 11) is 1.64. The molecule has 102 valence electrons. The van der Waals surface area contributed by atoms with Gasteiger partial charge in [-0.2, -0.15) is 0 Å². The molecule has 3 N–H and O–H groups in total. The maximum Gasteiger partial charge on any atom is 0.224 e. The van der Waals surface area contributed by atoms with E-state index in [4.69, 9.17) is 10.5 Å². The highest BCUT2D eigenvalue weighted by Gasteiger charge is 2.16. The minimum absolute atomic E-state index is 0.0525. The SMILES string of the molecule is CCC(=O)Nc1sc2nc(C)cc(COC)c2c1N. The third-order valence-electron chi connectivity index (χ3n) is 2.78. The van der Waals surface area contributed by atoms with Gasteiger partial charge in [0.15, 0.2) is 0 Å². The van der Waals surface area contributed by atoms with Gasteiger partial charge in [0.25, 0.3) is 0 Å². The van der Waals surface area contributed by atoms with Gasteiger partial charge >= 0.3 is 0 Å². The maximum absolute atomic E-state index is 11.5. The molecule has 0 saturated carbocycles. The van der Waals surface area contributed by atoms with Crippen molar-refractivity contribution in [2.24, 2.45) is 0 Å². The number of carbonyl (C=O) groups excluding carboxylic acids is 1. The lowest BCUT2D eigenvalue weighted by Gasteiger charge is -2.05. The number of nitrogen functional groups attached to an aromatic ring is 1. The van der Waals surface area contributed by atoms with E-state index in [9.17, 15) is 4.79 Å². The number of aromatic nitrogens is 1. The normalized spacial score (nSPS) is 10.9. The van der Waals surface area contributed by atoms with E-state index in [0.717, 1.165) is 21.5 Å². The minimum atomic E-state index is -0.0525. The van der Waals surface area contributed by atoms with Gasteiger partial charge in [-0.3, -0.25) is 4.79 Å². The van der Waals surface area contributed by atoms with E-state index in [1.54, 1.807) is 14.0 Å². The van der Waals surface area contributed by atoms with E-state index in [-0.39, 0.29) is 5.91 Å². The fourth-order valence-electron chi connectivity index (χ4n) is 1.91. The molecule has 2 aromatic heterocycles. The van der Waals surface area contributed by atoms with E-state index >= 15 is 0 Å². The number of ether oxygens (including phenoxy) is 1. The van der Waals surface area contributed by atoms with E-state index in [0.29, 0.717) is 23.7 Å². The Hall–Kier alpha value is -1.66. The molecule has 2 rings (SSSR count). The summed E-state index contributed by atoms with van der Waals surface area (Å²) in [6.07, 6.45) is 0.422. The molecule has 6 heteroatoms. The Morgan fingerprint density at radius 1 is 1.58 bits per heavy atom. The average molecular weight is 279 g/mol. The van der Waals surface area contributed by atoms with Crippen LogP contribution in [0.3, 0.4) is 0 Å². The number of thiophene rings is 1. The highest BCUT2D eigenvalue weighted by atomic mass is 32.1. The smallest absolute Gasteiger partial charge is 0.224 e. The molecule has 0 saturated heterocycles. The largest absolute Gasteiger partial charge is 0.396 e. The van der Waals surface area contributed by atoms with Gasteiger partial charge < -0.3 is 15.8 Å². The Labute approximate surface area is 115 Å². The van der Waals surface area contributed by atoms with E-state index in [1.165, 1.54) is 11.3 Å². The van der Waals surface area contributed by atoms with E-state index < -0.39 is 0 Å². The molecule has 1 amide bonds. The van der Waals surface area contributed by atoms with Gasteiger partial charge in [0, 0.05) is 24.6 Å². The van der Waals surface area contributed by atoms with Gasteiger partial charge in [-0.15, -0.1) is 0 Å². The second-order valence-corrected chi connectivity index (χ2v) is 5.28. The second-order valence-electron chi connectivity index (χ2n) is 4.28. The molecule has 19 heavy (non-hydrogen) atoms. The van der Waals surface area contributed by atoms with Crippen LogP contribution in [0.15, 0.2) is 6.07 Å². The first-order valence-corrected chi connectivity index (χ1v) is 6.85. The van der Waals surface area contributed by atoms with Crippen LogP contribution in [0.2, 0.25) is 0 Å². The lowest BCUT2D eigenvalue weighted by molar-refractivity contribution is -0.115. The van der Waals surface area contributed by atoms with Crippen molar-refractivity contribution in [1.29, 1.82) is 0 Å². The molecule has 0 fully saturated rings. The number of amides is 1. The Morgan fingerprint density at radius 3 is 2.95 bits per heavy atom. The lowest BCUT2D eigenvalue weighted by atomic mass is 10.1. The van der Waals surface area contributed by atoms with Gasteiger partial charge in [0.2, 0.25) is 5.91 Å². The van der Waals surface area contributed by atoms with Crippen LogP contribution in [0, 0.1) is 6.92 Å². The zero-order valence-corrected chi connectivity index (χ0v) is 12.1. The first-order valence-electron chi connectivity index (χ1n) is 6.04. The predicted molar refractivity (Wildman–Crippen MR) is 78.4 cm³/mol. The summed E-state index contributed by atoms with van der Waals surface area (Å²) in [5.74, 6) is -0.0525. The molecule has 0 aliphatic heterocycles. The van der Waals surface area contributed by atoms with Crippen LogP contribution in [-0.4, -0.2) is 18.0 Å². The highest BCUT2D eigenvalue weighted by molar-refractivity contribution is 7.23. The summed E-state index contributed by atoms with van der Waals surface area (Å²) in [6.45, 7) is 4.21. The van der Waals surface area contributed by atoms with Crippen LogP contribution in [-0.2, 0) is 16.1 Å². The Morgan fingerprint density at radius 2 is 2.32 bits per heavy atom. The maximum atomic E-state index is 11.5. The highest BCUT2D eigenvalue weighted by Crippen LogP contribution is 2.39. The van der Waals surface area contributed by atoms with Crippen molar-refractivity contribution >= 4 is 38.1 Å². The molecule has 5 nitrogen and oxygen atoms in total. The number of nitrogens with two attached hydrogens (primary N) is 1. The first-order chi connectivity index (χ1) is 9.06. The van der Waals surface area contributed by atoms with Crippen LogP contribution in [0.4, 0.5) is 10.7 Å².